The molecule has 0 aliphatic rings. The molecule has 0 aromatic carbocycles. The summed E-state index contributed by atoms with van der Waals surface area (Å²) in [5.41, 5.74) is 0. The molecular weight excluding hydrogens is 913 g/mol. The van der Waals surface area contributed by atoms with Gasteiger partial charge in [0, 0.05) is 50.4 Å². The maximum Gasteiger partial charge on any atom is 0.132 e. The van der Waals surface area contributed by atoms with Gasteiger partial charge in [0.15, 0.2) is 0 Å². The number of carbonyl (C=O) groups is 8. The average Bonchev–Trinajstić information content (AvgIpc) is 3.09. The molecule has 0 aromatic rings. The van der Waals surface area contributed by atoms with Crippen molar-refractivity contribution in [1.29, 1.82) is 0 Å². The highest BCUT2D eigenvalue weighted by Crippen LogP contribution is 2.18. The minimum absolute atomic E-state index is 0. The Bertz CT molecular complexity index is 818. The summed E-state index contributed by atoms with van der Waals surface area (Å²) in [4.78, 5) is 80.7. The Morgan fingerprint density at radius 1 is 0.315 bits per heavy atom. The maximum atomic E-state index is 10.9. The van der Waals surface area contributed by atoms with E-state index in [1.54, 1.807) is 55.4 Å². The number of ketones is 8. The summed E-state index contributed by atoms with van der Waals surface area (Å²) in [6.45, 7) is 36.2. The molecule has 0 spiro atoms. The molecule has 0 radical (unpaired) electrons. The standard InChI is InChI=1S/C10H20O2.C10H20O.6C4H8O.20CH4/c1-5-10(12)8(3)6-7(2)9(4)11;1-5-6-8(2)7-9(3)10(4)11;6*1-3-4(2)5;;;;;;;;;;;;;;;;;;;;/h7-8,10,12H,5-6H2,1-4H3;8-9H,5-7H2,1-4H3;6*3H2,1-2H3;20*1H4. The lowest BCUT2D eigenvalue weighted by Crippen LogP contribution is -2.21. The number of carbonyl (C=O) groups excluding carboxylic acids is 8. The SMILES string of the molecule is C.C.C.C.C.C.C.C.C.C.C.C.C.C.C.C.C.C.C.C.CCC(C)=O.CCC(C)=O.CCC(C)=O.CCC(C)=O.CCC(C)=O.CCC(C)=O.CCC(O)C(C)CC(C)C(C)=O.CCCC(C)CC(C)C(C)=O. The van der Waals surface area contributed by atoms with Crippen molar-refractivity contribution in [3.05, 3.63) is 0 Å². The third-order valence-electron chi connectivity index (χ3n) is 7.71. The van der Waals surface area contributed by atoms with Crippen molar-refractivity contribution in [3.63, 3.8) is 0 Å². The summed E-state index contributed by atoms with van der Waals surface area (Å²) in [5, 5.41) is 9.45. The van der Waals surface area contributed by atoms with Gasteiger partial charge in [-0.2, -0.15) is 0 Å². The van der Waals surface area contributed by atoms with Crippen LogP contribution < -0.4 is 0 Å². The van der Waals surface area contributed by atoms with Gasteiger partial charge in [-0.05, 0) is 86.5 Å². The van der Waals surface area contributed by atoms with Crippen molar-refractivity contribution in [2.24, 2.45) is 23.7 Å². The Morgan fingerprint density at radius 3 is 0.575 bits per heavy atom. The Labute approximate surface area is 475 Å². The quantitative estimate of drug-likeness (QED) is 0.159. The van der Waals surface area contributed by atoms with E-state index >= 15 is 0 Å². The highest BCUT2D eigenvalue weighted by atomic mass is 16.3. The topological polar surface area (TPSA) is 157 Å². The molecule has 0 aromatic heterocycles. The average molecular weight is 1080 g/mol. The van der Waals surface area contributed by atoms with Crippen LogP contribution in [-0.2, 0) is 38.4 Å². The molecule has 0 aliphatic carbocycles. The molecule has 0 aliphatic heterocycles. The molecule has 73 heavy (non-hydrogen) atoms. The molecule has 0 fully saturated rings. The number of rotatable bonds is 16. The van der Waals surface area contributed by atoms with Gasteiger partial charge in [-0.3, -0.25) is 9.59 Å². The first-order valence-corrected chi connectivity index (χ1v) is 19.8. The smallest absolute Gasteiger partial charge is 0.132 e. The first-order chi connectivity index (χ1) is 24.2. The van der Waals surface area contributed by atoms with Crippen LogP contribution in [0.2, 0.25) is 0 Å². The second-order valence-electron chi connectivity index (χ2n) is 13.7. The second-order valence-corrected chi connectivity index (χ2v) is 13.7. The fourth-order valence-electron chi connectivity index (χ4n) is 2.66. The summed E-state index contributed by atoms with van der Waals surface area (Å²) in [6.07, 6.45) is 8.84. The Kier molecular flexibility index (Phi) is 373. The summed E-state index contributed by atoms with van der Waals surface area (Å²) in [5.74, 6) is 3.35. The molecule has 5 unspecified atom stereocenters. The van der Waals surface area contributed by atoms with Crippen LogP contribution in [0.15, 0.2) is 0 Å². The van der Waals surface area contributed by atoms with Gasteiger partial charge in [-0.1, -0.05) is 244 Å². The molecule has 9 heteroatoms. The molecule has 0 bridgehead atoms. The van der Waals surface area contributed by atoms with Crippen molar-refractivity contribution < 1.29 is 43.5 Å². The minimum Gasteiger partial charge on any atom is -0.393 e. The molecule has 0 saturated carbocycles. The molecule has 0 amide bonds. The lowest BCUT2D eigenvalue weighted by Gasteiger charge is -2.19. The Balaban J connectivity index is -0.0000000120. The van der Waals surface area contributed by atoms with Crippen molar-refractivity contribution in [1.82, 2.24) is 0 Å². The van der Waals surface area contributed by atoms with E-state index in [-0.39, 0.29) is 213 Å². The van der Waals surface area contributed by atoms with Crippen LogP contribution in [0.5, 0.6) is 0 Å². The van der Waals surface area contributed by atoms with E-state index in [0.717, 1.165) is 19.3 Å². The van der Waals surface area contributed by atoms with E-state index in [2.05, 4.69) is 13.8 Å². The van der Waals surface area contributed by atoms with Crippen LogP contribution in [-0.4, -0.2) is 57.5 Å². The number of aliphatic hydroxyl groups excluding tert-OH is 1. The van der Waals surface area contributed by atoms with Crippen LogP contribution >= 0.6 is 0 Å². The molecule has 0 rings (SSSR count). The van der Waals surface area contributed by atoms with Crippen LogP contribution in [0.3, 0.4) is 0 Å². The number of Topliss-reactive ketones (excluding diaryl/α,β-unsaturated/α-hetero) is 8. The third-order valence-corrected chi connectivity index (χ3v) is 7.71. The van der Waals surface area contributed by atoms with Crippen molar-refractivity contribution in [2.45, 2.75) is 364 Å². The molecule has 9 nitrogen and oxygen atoms in total. The molecule has 1 N–H and O–H groups in total. The normalized spacial score (nSPS) is 8.56. The van der Waals surface area contributed by atoms with E-state index in [0.29, 0.717) is 50.2 Å². The molecule has 0 saturated heterocycles. The van der Waals surface area contributed by atoms with Gasteiger partial charge in [-0.15, -0.1) is 0 Å². The highest BCUT2D eigenvalue weighted by molar-refractivity contribution is 5.78. The fraction of sp³-hybridized carbons (Fsp3) is 0.875. The largest absolute Gasteiger partial charge is 0.393 e. The molecule has 5 atom stereocenters. The van der Waals surface area contributed by atoms with Gasteiger partial charge >= 0.3 is 0 Å². The van der Waals surface area contributed by atoms with Gasteiger partial charge in [0.2, 0.25) is 0 Å². The van der Waals surface area contributed by atoms with Gasteiger partial charge in [0.05, 0.1) is 6.10 Å². The summed E-state index contributed by atoms with van der Waals surface area (Å²) < 4.78 is 0. The predicted molar refractivity (Wildman–Crippen MR) is 359 cm³/mol. The van der Waals surface area contributed by atoms with Gasteiger partial charge in [0.1, 0.15) is 46.3 Å². The zero-order chi connectivity index (χ0) is 44.3. The Morgan fingerprint density at radius 2 is 0.466 bits per heavy atom. The predicted octanol–water partition coefficient (Wildman–Crippen LogP) is 23.7. The van der Waals surface area contributed by atoms with E-state index in [1.807, 2.05) is 69.2 Å². The zero-order valence-electron chi connectivity index (χ0n) is 38.4. The number of aliphatic hydroxyl groups is 1. The van der Waals surface area contributed by atoms with Crippen molar-refractivity contribution in [3.8, 4) is 0 Å². The lowest BCUT2D eigenvalue weighted by atomic mass is 9.90. The van der Waals surface area contributed by atoms with E-state index in [4.69, 9.17) is 0 Å². The highest BCUT2D eigenvalue weighted by Gasteiger charge is 2.17. The minimum atomic E-state index is -0.258. The van der Waals surface area contributed by atoms with E-state index in [1.165, 1.54) is 12.8 Å². The van der Waals surface area contributed by atoms with Crippen LogP contribution in [0.25, 0.3) is 0 Å². The lowest BCUT2D eigenvalue weighted by molar-refractivity contribution is -0.121. The summed E-state index contributed by atoms with van der Waals surface area (Å²) in [7, 11) is 0. The van der Waals surface area contributed by atoms with Crippen molar-refractivity contribution in [2.75, 3.05) is 0 Å². The fourth-order valence-corrected chi connectivity index (χ4v) is 2.66. The molecular formula is C64H168O9. The van der Waals surface area contributed by atoms with E-state index in [9.17, 15) is 43.5 Å². The molecule has 0 heterocycles. The number of hydrogen-bond donors (Lipinski definition) is 1. The number of hydrogen-bond acceptors (Lipinski definition) is 9. The Hall–Kier alpha value is -2.68. The van der Waals surface area contributed by atoms with E-state index < -0.39 is 0 Å². The van der Waals surface area contributed by atoms with Crippen LogP contribution in [0, 0.1) is 23.7 Å². The third kappa shape index (κ3) is 267. The summed E-state index contributed by atoms with van der Waals surface area (Å²) >= 11 is 0. The van der Waals surface area contributed by atoms with Gasteiger partial charge in [-0.25, -0.2) is 0 Å². The maximum absolute atomic E-state index is 10.9. The second kappa shape index (κ2) is 144. The zero-order valence-corrected chi connectivity index (χ0v) is 38.4. The summed E-state index contributed by atoms with van der Waals surface area (Å²) in [6, 6.07) is 0. The first kappa shape index (κ1) is 189. The first-order valence-electron chi connectivity index (χ1n) is 19.8. The van der Waals surface area contributed by atoms with Crippen molar-refractivity contribution >= 4 is 46.3 Å². The van der Waals surface area contributed by atoms with Crippen LogP contribution in [0.4, 0.5) is 0 Å². The molecule has 478 valence electrons. The van der Waals surface area contributed by atoms with Gasteiger partial charge < -0.3 is 33.9 Å². The van der Waals surface area contributed by atoms with Gasteiger partial charge in [0.25, 0.3) is 0 Å². The van der Waals surface area contributed by atoms with Crippen LogP contribution in [0.1, 0.15) is 358 Å². The monoisotopic (exact) mass is 1080 g/mol.